The molecule has 0 amide bonds. The molecule has 2 rings (SSSR count). The maximum atomic E-state index is 12.8. The Labute approximate surface area is 115 Å². The lowest BCUT2D eigenvalue weighted by molar-refractivity contribution is 0.178. The molecule has 0 aromatic heterocycles. The van der Waals surface area contributed by atoms with Gasteiger partial charge in [0.15, 0.2) is 0 Å². The summed E-state index contributed by atoms with van der Waals surface area (Å²) >= 11 is 11.7. The summed E-state index contributed by atoms with van der Waals surface area (Å²) in [5, 5.41) is 11.0. The van der Waals surface area contributed by atoms with Gasteiger partial charge in [0.05, 0.1) is 16.1 Å². The molecule has 0 saturated heterocycles. The van der Waals surface area contributed by atoms with Crippen LogP contribution in [-0.4, -0.2) is 5.11 Å². The van der Waals surface area contributed by atoms with Gasteiger partial charge < -0.3 is 5.11 Å². The number of rotatable bonds is 3. The Bertz CT molecular complexity index is 540. The standard InChI is InChI=1S/C14H11Cl2FO/c15-12-6-1-9(7-13(12)16)8-14(18)10-2-4-11(17)5-3-10/h1-7,14,18H,8H2. The molecule has 0 spiro atoms. The second-order valence-electron chi connectivity index (χ2n) is 4.02. The molecule has 18 heavy (non-hydrogen) atoms. The van der Waals surface area contributed by atoms with Crippen LogP contribution in [0.25, 0.3) is 0 Å². The van der Waals surface area contributed by atoms with E-state index in [0.29, 0.717) is 22.0 Å². The molecule has 1 nitrogen and oxygen atoms in total. The van der Waals surface area contributed by atoms with Crippen molar-refractivity contribution in [3.05, 3.63) is 69.5 Å². The molecule has 0 radical (unpaired) electrons. The van der Waals surface area contributed by atoms with Crippen molar-refractivity contribution in [1.29, 1.82) is 0 Å². The van der Waals surface area contributed by atoms with E-state index in [1.807, 2.05) is 0 Å². The first-order chi connectivity index (χ1) is 8.56. The number of aliphatic hydroxyl groups is 1. The molecule has 4 heteroatoms. The Kier molecular flexibility index (Phi) is 4.23. The van der Waals surface area contributed by atoms with Crippen molar-refractivity contribution >= 4 is 23.2 Å². The molecule has 0 aliphatic carbocycles. The van der Waals surface area contributed by atoms with Crippen molar-refractivity contribution in [2.75, 3.05) is 0 Å². The predicted octanol–water partition coefficient (Wildman–Crippen LogP) is 4.41. The quantitative estimate of drug-likeness (QED) is 0.885. The third-order valence-electron chi connectivity index (χ3n) is 2.67. The zero-order chi connectivity index (χ0) is 13.1. The summed E-state index contributed by atoms with van der Waals surface area (Å²) in [4.78, 5) is 0. The van der Waals surface area contributed by atoms with E-state index in [1.54, 1.807) is 30.3 Å². The molecule has 0 aliphatic rings. The van der Waals surface area contributed by atoms with Gasteiger partial charge in [0.25, 0.3) is 0 Å². The first-order valence-electron chi connectivity index (χ1n) is 5.44. The molecular weight excluding hydrogens is 274 g/mol. The van der Waals surface area contributed by atoms with Gasteiger partial charge in [-0.05, 0) is 35.4 Å². The van der Waals surface area contributed by atoms with E-state index in [4.69, 9.17) is 23.2 Å². The normalized spacial score (nSPS) is 12.4. The van der Waals surface area contributed by atoms with Gasteiger partial charge >= 0.3 is 0 Å². The van der Waals surface area contributed by atoms with E-state index in [0.717, 1.165) is 5.56 Å². The van der Waals surface area contributed by atoms with Gasteiger partial charge in [-0.25, -0.2) is 4.39 Å². The number of hydrogen-bond acceptors (Lipinski definition) is 1. The van der Waals surface area contributed by atoms with E-state index in [9.17, 15) is 9.50 Å². The third-order valence-corrected chi connectivity index (χ3v) is 3.41. The lowest BCUT2D eigenvalue weighted by atomic mass is 10.0. The van der Waals surface area contributed by atoms with Crippen LogP contribution in [0.1, 0.15) is 17.2 Å². The molecule has 0 saturated carbocycles. The minimum atomic E-state index is -0.692. The number of aliphatic hydroxyl groups excluding tert-OH is 1. The molecule has 0 aliphatic heterocycles. The summed E-state index contributed by atoms with van der Waals surface area (Å²) in [6, 6.07) is 11.0. The van der Waals surface area contributed by atoms with Crippen molar-refractivity contribution in [3.63, 3.8) is 0 Å². The molecule has 94 valence electrons. The molecule has 2 aromatic carbocycles. The molecular formula is C14H11Cl2FO. The summed E-state index contributed by atoms with van der Waals surface area (Å²) in [6.45, 7) is 0. The summed E-state index contributed by atoms with van der Waals surface area (Å²) in [5.41, 5.74) is 1.55. The number of halogens is 3. The lowest BCUT2D eigenvalue weighted by Crippen LogP contribution is -2.01. The van der Waals surface area contributed by atoms with E-state index in [2.05, 4.69) is 0 Å². The zero-order valence-corrected chi connectivity index (χ0v) is 10.9. The summed E-state index contributed by atoms with van der Waals surface area (Å²) < 4.78 is 12.8. The molecule has 0 bridgehead atoms. The molecule has 2 aromatic rings. The van der Waals surface area contributed by atoms with Crippen LogP contribution in [-0.2, 0) is 6.42 Å². The highest BCUT2D eigenvalue weighted by Crippen LogP contribution is 2.25. The second kappa shape index (κ2) is 5.70. The van der Waals surface area contributed by atoms with Gasteiger partial charge in [0.2, 0.25) is 0 Å². The third kappa shape index (κ3) is 3.22. The number of hydrogen-bond donors (Lipinski definition) is 1. The first kappa shape index (κ1) is 13.3. The van der Waals surface area contributed by atoms with Crippen molar-refractivity contribution in [1.82, 2.24) is 0 Å². The maximum Gasteiger partial charge on any atom is 0.123 e. The second-order valence-corrected chi connectivity index (χ2v) is 4.83. The fourth-order valence-electron chi connectivity index (χ4n) is 1.69. The van der Waals surface area contributed by atoms with Crippen LogP contribution >= 0.6 is 23.2 Å². The number of benzene rings is 2. The van der Waals surface area contributed by atoms with Gasteiger partial charge in [-0.2, -0.15) is 0 Å². The Balaban J connectivity index is 2.13. The first-order valence-corrected chi connectivity index (χ1v) is 6.19. The zero-order valence-electron chi connectivity index (χ0n) is 9.41. The van der Waals surface area contributed by atoms with Gasteiger partial charge in [0, 0.05) is 6.42 Å². The Morgan fingerprint density at radius 3 is 2.28 bits per heavy atom. The van der Waals surface area contributed by atoms with Gasteiger partial charge in [-0.3, -0.25) is 0 Å². The highest BCUT2D eigenvalue weighted by atomic mass is 35.5. The van der Waals surface area contributed by atoms with Crippen LogP contribution in [0, 0.1) is 5.82 Å². The average molecular weight is 285 g/mol. The van der Waals surface area contributed by atoms with E-state index >= 15 is 0 Å². The fraction of sp³-hybridized carbons (Fsp3) is 0.143. The highest BCUT2D eigenvalue weighted by Gasteiger charge is 2.09. The monoisotopic (exact) mass is 284 g/mol. The van der Waals surface area contributed by atoms with Crippen LogP contribution in [0.5, 0.6) is 0 Å². The van der Waals surface area contributed by atoms with Crippen LogP contribution in [0.15, 0.2) is 42.5 Å². The van der Waals surface area contributed by atoms with Crippen LogP contribution in [0.3, 0.4) is 0 Å². The van der Waals surface area contributed by atoms with E-state index in [1.165, 1.54) is 12.1 Å². The van der Waals surface area contributed by atoms with E-state index < -0.39 is 6.10 Å². The summed E-state index contributed by atoms with van der Waals surface area (Å²) in [7, 11) is 0. The van der Waals surface area contributed by atoms with Crippen molar-refractivity contribution in [2.24, 2.45) is 0 Å². The largest absolute Gasteiger partial charge is 0.388 e. The maximum absolute atomic E-state index is 12.8. The lowest BCUT2D eigenvalue weighted by Gasteiger charge is -2.11. The van der Waals surface area contributed by atoms with Crippen LogP contribution in [0.2, 0.25) is 10.0 Å². The Morgan fingerprint density at radius 1 is 1.00 bits per heavy atom. The van der Waals surface area contributed by atoms with Crippen LogP contribution < -0.4 is 0 Å². The minimum Gasteiger partial charge on any atom is -0.388 e. The van der Waals surface area contributed by atoms with Gasteiger partial charge in [-0.15, -0.1) is 0 Å². The van der Waals surface area contributed by atoms with Crippen molar-refractivity contribution in [3.8, 4) is 0 Å². The van der Waals surface area contributed by atoms with Gasteiger partial charge in [0.1, 0.15) is 5.82 Å². The van der Waals surface area contributed by atoms with E-state index in [-0.39, 0.29) is 5.82 Å². The minimum absolute atomic E-state index is 0.319. The Hall–Kier alpha value is -1.09. The van der Waals surface area contributed by atoms with Crippen molar-refractivity contribution in [2.45, 2.75) is 12.5 Å². The van der Waals surface area contributed by atoms with Crippen molar-refractivity contribution < 1.29 is 9.50 Å². The Morgan fingerprint density at radius 2 is 1.67 bits per heavy atom. The SMILES string of the molecule is OC(Cc1ccc(Cl)c(Cl)c1)c1ccc(F)cc1. The molecule has 0 heterocycles. The molecule has 1 unspecified atom stereocenters. The van der Waals surface area contributed by atoms with Crippen LogP contribution in [0.4, 0.5) is 4.39 Å². The smallest absolute Gasteiger partial charge is 0.123 e. The predicted molar refractivity (Wildman–Crippen MR) is 71.5 cm³/mol. The molecule has 0 fully saturated rings. The topological polar surface area (TPSA) is 20.2 Å². The summed E-state index contributed by atoms with van der Waals surface area (Å²) in [5.74, 6) is -0.319. The molecule has 1 atom stereocenters. The fourth-order valence-corrected chi connectivity index (χ4v) is 2.01. The summed E-state index contributed by atoms with van der Waals surface area (Å²) in [6.07, 6.45) is -0.287. The van der Waals surface area contributed by atoms with Gasteiger partial charge in [-0.1, -0.05) is 41.4 Å². The highest BCUT2D eigenvalue weighted by molar-refractivity contribution is 6.42. The average Bonchev–Trinajstić information content (AvgIpc) is 2.34. The molecule has 1 N–H and O–H groups in total.